The molecule has 1 rings (SSSR count). The number of aliphatic carboxylic acids is 1. The summed E-state index contributed by atoms with van der Waals surface area (Å²) in [5, 5.41) is 11.6. The highest BCUT2D eigenvalue weighted by atomic mass is 19.4. The van der Waals surface area contributed by atoms with E-state index in [0.29, 0.717) is 12.8 Å². The molecular weight excluding hydrogens is 291 g/mol. The van der Waals surface area contributed by atoms with Gasteiger partial charge in [0, 0.05) is 6.04 Å². The number of alkyl halides is 3. The lowest BCUT2D eigenvalue weighted by molar-refractivity contribution is -0.161. The molecule has 21 heavy (non-hydrogen) atoms. The lowest BCUT2D eigenvalue weighted by atomic mass is 9.61. The summed E-state index contributed by atoms with van der Waals surface area (Å²) in [6.07, 6.45) is -4.95. The molecule has 3 atom stereocenters. The second kappa shape index (κ2) is 6.11. The van der Waals surface area contributed by atoms with Crippen molar-refractivity contribution in [3.63, 3.8) is 0 Å². The van der Waals surface area contributed by atoms with Crippen LogP contribution in [-0.4, -0.2) is 36.0 Å². The Kier molecular flexibility index (Phi) is 5.11. The lowest BCUT2D eigenvalue weighted by Crippen LogP contribution is -2.52. The number of amides is 1. The Morgan fingerprint density at radius 2 is 1.90 bits per heavy atom. The third kappa shape index (κ3) is 4.50. The number of hydrogen-bond acceptors (Lipinski definition) is 3. The zero-order chi connectivity index (χ0) is 16.4. The van der Waals surface area contributed by atoms with Crippen LogP contribution in [0.25, 0.3) is 0 Å². The highest BCUT2D eigenvalue weighted by Crippen LogP contribution is 2.45. The Bertz CT molecular complexity index is 409. The molecule has 1 fully saturated rings. The van der Waals surface area contributed by atoms with Crippen molar-refractivity contribution in [2.75, 3.05) is 6.61 Å². The highest BCUT2D eigenvalue weighted by molar-refractivity contribution is 5.71. The molecule has 2 N–H and O–H groups in total. The number of alkyl carbamates (subject to hydrolysis) is 1. The van der Waals surface area contributed by atoms with Crippen LogP contribution >= 0.6 is 0 Å². The van der Waals surface area contributed by atoms with Crippen LogP contribution in [-0.2, 0) is 9.53 Å². The van der Waals surface area contributed by atoms with Gasteiger partial charge in [0.1, 0.15) is 0 Å². The van der Waals surface area contributed by atoms with Crippen LogP contribution in [0.1, 0.15) is 33.6 Å². The molecule has 1 aliphatic carbocycles. The van der Waals surface area contributed by atoms with Gasteiger partial charge in [0.05, 0.1) is 5.92 Å². The average Bonchev–Trinajstić information content (AvgIpc) is 2.31. The van der Waals surface area contributed by atoms with Gasteiger partial charge in [-0.3, -0.25) is 4.79 Å². The molecule has 3 unspecified atom stereocenters. The molecule has 0 saturated heterocycles. The van der Waals surface area contributed by atoms with Crippen LogP contribution in [0.5, 0.6) is 0 Å². The van der Waals surface area contributed by atoms with Crippen LogP contribution in [0, 0.1) is 17.3 Å². The quantitative estimate of drug-likeness (QED) is 0.840. The van der Waals surface area contributed by atoms with Gasteiger partial charge in [-0.05, 0) is 24.2 Å². The largest absolute Gasteiger partial charge is 0.481 e. The molecule has 1 saturated carbocycles. The highest BCUT2D eigenvalue weighted by Gasteiger charge is 2.46. The summed E-state index contributed by atoms with van der Waals surface area (Å²) in [4.78, 5) is 22.6. The zero-order valence-electron chi connectivity index (χ0n) is 12.2. The van der Waals surface area contributed by atoms with E-state index < -0.39 is 42.2 Å². The summed E-state index contributed by atoms with van der Waals surface area (Å²) < 4.78 is 40.0. The third-order valence-corrected chi connectivity index (χ3v) is 4.41. The average molecular weight is 311 g/mol. The Hall–Kier alpha value is -1.47. The first-order valence-electron chi connectivity index (χ1n) is 6.68. The van der Waals surface area contributed by atoms with Crippen LogP contribution in [0.3, 0.4) is 0 Å². The Morgan fingerprint density at radius 3 is 2.38 bits per heavy atom. The van der Waals surface area contributed by atoms with Gasteiger partial charge < -0.3 is 15.2 Å². The molecule has 0 heterocycles. The predicted molar refractivity (Wildman–Crippen MR) is 67.6 cm³/mol. The summed E-state index contributed by atoms with van der Waals surface area (Å²) in [5.41, 5.74) is -0.577. The van der Waals surface area contributed by atoms with Gasteiger partial charge in [0.2, 0.25) is 0 Å². The van der Waals surface area contributed by atoms with Gasteiger partial charge in [-0.1, -0.05) is 20.8 Å². The van der Waals surface area contributed by atoms with Crippen LogP contribution in [0.4, 0.5) is 18.0 Å². The molecule has 5 nitrogen and oxygen atoms in total. The SMILES string of the molecule is CC1C(NC(=O)OCC(F)(F)F)CCC(C(=O)O)C1(C)C. The van der Waals surface area contributed by atoms with Gasteiger partial charge in [0.25, 0.3) is 0 Å². The molecule has 0 aromatic heterocycles. The molecule has 0 spiro atoms. The normalized spacial score (nSPS) is 28.8. The minimum atomic E-state index is -4.57. The van der Waals surface area contributed by atoms with Crippen LogP contribution < -0.4 is 5.32 Å². The van der Waals surface area contributed by atoms with Crippen molar-refractivity contribution >= 4 is 12.1 Å². The monoisotopic (exact) mass is 311 g/mol. The van der Waals surface area contributed by atoms with E-state index in [-0.39, 0.29) is 5.92 Å². The van der Waals surface area contributed by atoms with Crippen molar-refractivity contribution in [3.05, 3.63) is 0 Å². The number of carbonyl (C=O) groups is 2. The Morgan fingerprint density at radius 1 is 1.33 bits per heavy atom. The summed E-state index contributed by atoms with van der Waals surface area (Å²) in [6.45, 7) is 3.71. The standard InChI is InChI=1S/C13H20F3NO4/c1-7-9(17-11(20)21-6-13(14,15)16)5-4-8(10(18)19)12(7,2)3/h7-9H,4-6H2,1-3H3,(H,17,20)(H,18,19). The van der Waals surface area contributed by atoms with Crippen molar-refractivity contribution in [2.24, 2.45) is 17.3 Å². The first-order valence-corrected chi connectivity index (χ1v) is 6.68. The number of rotatable bonds is 3. The molecule has 122 valence electrons. The number of carbonyl (C=O) groups excluding carboxylic acids is 1. The maximum absolute atomic E-state index is 12.0. The van der Waals surface area contributed by atoms with E-state index in [1.54, 1.807) is 20.8 Å². The first kappa shape index (κ1) is 17.6. The van der Waals surface area contributed by atoms with E-state index in [1.807, 2.05) is 0 Å². The second-order valence-electron chi connectivity index (χ2n) is 6.02. The fourth-order valence-corrected chi connectivity index (χ4v) is 2.78. The minimum absolute atomic E-state index is 0.203. The fraction of sp³-hybridized carbons (Fsp3) is 0.846. The van der Waals surface area contributed by atoms with E-state index in [9.17, 15) is 27.9 Å². The van der Waals surface area contributed by atoms with E-state index in [2.05, 4.69) is 10.1 Å². The van der Waals surface area contributed by atoms with Gasteiger partial charge in [-0.2, -0.15) is 13.2 Å². The summed E-state index contributed by atoms with van der Waals surface area (Å²) in [6, 6.07) is -0.406. The van der Waals surface area contributed by atoms with Crippen molar-refractivity contribution < 1.29 is 32.6 Å². The molecule has 1 amide bonds. The molecule has 0 aromatic carbocycles. The number of carboxylic acid groups (broad SMARTS) is 1. The molecule has 0 bridgehead atoms. The summed E-state index contributed by atoms with van der Waals surface area (Å²) >= 11 is 0. The maximum atomic E-state index is 12.0. The van der Waals surface area contributed by atoms with Crippen molar-refractivity contribution in [2.45, 2.75) is 45.8 Å². The second-order valence-corrected chi connectivity index (χ2v) is 6.02. The molecule has 0 aromatic rings. The van der Waals surface area contributed by atoms with Crippen molar-refractivity contribution in [1.29, 1.82) is 0 Å². The molecule has 0 aliphatic heterocycles. The van der Waals surface area contributed by atoms with E-state index in [0.717, 1.165) is 0 Å². The van der Waals surface area contributed by atoms with Crippen molar-refractivity contribution in [3.8, 4) is 0 Å². The maximum Gasteiger partial charge on any atom is 0.422 e. The zero-order valence-corrected chi connectivity index (χ0v) is 12.2. The molecule has 8 heteroatoms. The van der Waals surface area contributed by atoms with E-state index in [1.165, 1.54) is 0 Å². The Balaban J connectivity index is 2.62. The van der Waals surface area contributed by atoms with Gasteiger partial charge >= 0.3 is 18.2 Å². The van der Waals surface area contributed by atoms with Crippen LogP contribution in [0.15, 0.2) is 0 Å². The Labute approximate surface area is 120 Å². The molecule has 1 aliphatic rings. The van der Waals surface area contributed by atoms with E-state index in [4.69, 9.17) is 0 Å². The topological polar surface area (TPSA) is 75.6 Å². The number of halogens is 3. The predicted octanol–water partition coefficient (Wildman–Crippen LogP) is 2.80. The first-order chi connectivity index (χ1) is 9.45. The fourth-order valence-electron chi connectivity index (χ4n) is 2.78. The molecule has 0 radical (unpaired) electrons. The lowest BCUT2D eigenvalue weighted by Gasteiger charge is -2.46. The van der Waals surface area contributed by atoms with Gasteiger partial charge in [0.15, 0.2) is 6.61 Å². The number of nitrogens with one attached hydrogen (secondary N) is 1. The summed E-state index contributed by atoms with van der Waals surface area (Å²) in [5.74, 6) is -1.65. The summed E-state index contributed by atoms with van der Waals surface area (Å²) in [7, 11) is 0. The number of hydrogen-bond donors (Lipinski definition) is 2. The van der Waals surface area contributed by atoms with E-state index >= 15 is 0 Å². The number of carboxylic acids is 1. The minimum Gasteiger partial charge on any atom is -0.481 e. The number of ether oxygens (including phenoxy) is 1. The van der Waals surface area contributed by atoms with Crippen LogP contribution in [0.2, 0.25) is 0 Å². The van der Waals surface area contributed by atoms with Crippen molar-refractivity contribution in [1.82, 2.24) is 5.32 Å². The molecular formula is C13H20F3NO4. The van der Waals surface area contributed by atoms with Gasteiger partial charge in [-0.15, -0.1) is 0 Å². The van der Waals surface area contributed by atoms with Gasteiger partial charge in [-0.25, -0.2) is 4.79 Å². The smallest absolute Gasteiger partial charge is 0.422 e. The third-order valence-electron chi connectivity index (χ3n) is 4.41.